The van der Waals surface area contributed by atoms with Gasteiger partial charge in [-0.25, -0.2) is 9.50 Å². The van der Waals surface area contributed by atoms with Crippen molar-refractivity contribution in [1.82, 2.24) is 24.8 Å². The molecule has 7 heteroatoms. The van der Waals surface area contributed by atoms with Gasteiger partial charge in [0.1, 0.15) is 0 Å². The average molecular weight is 338 g/mol. The molecule has 0 spiro atoms. The van der Waals surface area contributed by atoms with Crippen LogP contribution in [0.25, 0.3) is 5.65 Å². The lowest BCUT2D eigenvalue weighted by atomic mass is 9.90. The normalized spacial score (nSPS) is 17.2. The summed E-state index contributed by atoms with van der Waals surface area (Å²) in [5.41, 5.74) is 5.65. The smallest absolute Gasteiger partial charge is 0.226 e. The van der Waals surface area contributed by atoms with Crippen LogP contribution in [-0.4, -0.2) is 30.7 Å². The van der Waals surface area contributed by atoms with Crippen LogP contribution in [0.1, 0.15) is 54.5 Å². The Morgan fingerprint density at radius 3 is 2.88 bits per heavy atom. The summed E-state index contributed by atoms with van der Waals surface area (Å²) >= 11 is 0. The van der Waals surface area contributed by atoms with Crippen LogP contribution < -0.4 is 5.32 Å². The lowest BCUT2D eigenvalue weighted by molar-refractivity contribution is -0.116. The molecule has 0 fully saturated rings. The van der Waals surface area contributed by atoms with Crippen molar-refractivity contribution in [2.24, 2.45) is 5.92 Å². The van der Waals surface area contributed by atoms with Crippen LogP contribution in [0.15, 0.2) is 12.1 Å². The van der Waals surface area contributed by atoms with E-state index < -0.39 is 0 Å². The van der Waals surface area contributed by atoms with E-state index in [1.54, 1.807) is 4.52 Å². The summed E-state index contributed by atoms with van der Waals surface area (Å²) in [7, 11) is 0. The van der Waals surface area contributed by atoms with Crippen LogP contribution in [0.4, 0.5) is 5.82 Å². The summed E-state index contributed by atoms with van der Waals surface area (Å²) in [6.07, 6.45) is 1.29. The lowest BCUT2D eigenvalue weighted by Crippen LogP contribution is -2.23. The van der Waals surface area contributed by atoms with Crippen molar-refractivity contribution in [3.05, 3.63) is 40.5 Å². The Morgan fingerprint density at radius 2 is 2.12 bits per heavy atom. The molecule has 1 amide bonds. The predicted molar refractivity (Wildman–Crippen MR) is 94.7 cm³/mol. The Morgan fingerprint density at radius 1 is 1.32 bits per heavy atom. The van der Waals surface area contributed by atoms with Gasteiger partial charge >= 0.3 is 0 Å². The van der Waals surface area contributed by atoms with E-state index in [0.717, 1.165) is 40.4 Å². The molecule has 0 aliphatic carbocycles. The van der Waals surface area contributed by atoms with Crippen molar-refractivity contribution in [3.8, 4) is 0 Å². The van der Waals surface area contributed by atoms with Crippen LogP contribution in [0, 0.1) is 19.8 Å². The monoisotopic (exact) mass is 338 g/mol. The van der Waals surface area contributed by atoms with Gasteiger partial charge in [0.25, 0.3) is 0 Å². The highest BCUT2D eigenvalue weighted by Crippen LogP contribution is 2.38. The van der Waals surface area contributed by atoms with Crippen LogP contribution in [0.3, 0.4) is 0 Å². The number of nitrogens with zero attached hydrogens (tertiary/aromatic N) is 4. The van der Waals surface area contributed by atoms with E-state index in [1.807, 2.05) is 19.9 Å². The van der Waals surface area contributed by atoms with E-state index in [1.165, 1.54) is 0 Å². The van der Waals surface area contributed by atoms with Gasteiger partial charge in [-0.2, -0.15) is 5.10 Å². The molecule has 3 aromatic rings. The third-order valence-electron chi connectivity index (χ3n) is 4.56. The molecular weight excluding hydrogens is 316 g/mol. The molecule has 1 aliphatic rings. The zero-order chi connectivity index (χ0) is 17.7. The van der Waals surface area contributed by atoms with Crippen molar-refractivity contribution in [2.75, 3.05) is 5.32 Å². The maximum Gasteiger partial charge on any atom is 0.226 e. The zero-order valence-electron chi connectivity index (χ0n) is 14.9. The van der Waals surface area contributed by atoms with Gasteiger partial charge in [0.15, 0.2) is 11.5 Å². The van der Waals surface area contributed by atoms with E-state index >= 15 is 0 Å². The first kappa shape index (κ1) is 15.8. The minimum atomic E-state index is -0.132. The fourth-order valence-electron chi connectivity index (χ4n) is 3.58. The number of hydrogen-bond acceptors (Lipinski definition) is 4. The number of fused-ring (bicyclic) bond motifs is 3. The van der Waals surface area contributed by atoms with Gasteiger partial charge in [-0.15, -0.1) is 5.10 Å². The minimum Gasteiger partial charge on any atom is -0.309 e. The van der Waals surface area contributed by atoms with Gasteiger partial charge in [0, 0.05) is 29.4 Å². The first-order chi connectivity index (χ1) is 11.9. The molecule has 3 aromatic heterocycles. The summed E-state index contributed by atoms with van der Waals surface area (Å²) in [6.45, 7) is 8.31. The van der Waals surface area contributed by atoms with Gasteiger partial charge in [0.05, 0.1) is 11.3 Å². The molecule has 0 radical (unpaired) electrons. The summed E-state index contributed by atoms with van der Waals surface area (Å²) in [6, 6.07) is 4.05. The summed E-state index contributed by atoms with van der Waals surface area (Å²) in [4.78, 5) is 16.9. The number of aromatic nitrogens is 5. The Bertz CT molecular complexity index is 968. The molecule has 25 heavy (non-hydrogen) atoms. The second kappa shape index (κ2) is 5.68. The highest BCUT2D eigenvalue weighted by Gasteiger charge is 2.33. The van der Waals surface area contributed by atoms with Crippen molar-refractivity contribution in [2.45, 2.75) is 46.5 Å². The largest absolute Gasteiger partial charge is 0.309 e. The fraction of sp³-hybridized carbons (Fsp3) is 0.444. The second-order valence-electron chi connectivity index (χ2n) is 7.26. The molecular formula is C18H22N6O. The predicted octanol–water partition coefficient (Wildman–Crippen LogP) is 2.74. The molecule has 1 atom stereocenters. The number of rotatable bonds is 3. The minimum absolute atomic E-state index is 0.0382. The maximum atomic E-state index is 12.2. The SMILES string of the molecule is Cc1cc(C)n2nc3c(c2n1)C(c1cc(CC(C)C)[nH]n1)CC(=O)N3. The first-order valence-corrected chi connectivity index (χ1v) is 8.63. The van der Waals surface area contributed by atoms with Gasteiger partial charge in [-0.05, 0) is 38.3 Å². The number of carbonyl (C=O) groups excluding carboxylic acids is 1. The van der Waals surface area contributed by atoms with E-state index in [-0.39, 0.29) is 11.8 Å². The Labute approximate surface area is 145 Å². The van der Waals surface area contributed by atoms with Crippen LogP contribution in [0.2, 0.25) is 0 Å². The van der Waals surface area contributed by atoms with Gasteiger partial charge in [-0.3, -0.25) is 9.89 Å². The Balaban J connectivity index is 1.86. The lowest BCUT2D eigenvalue weighted by Gasteiger charge is -2.19. The van der Waals surface area contributed by atoms with E-state index in [0.29, 0.717) is 18.2 Å². The van der Waals surface area contributed by atoms with Crippen molar-refractivity contribution in [1.29, 1.82) is 0 Å². The average Bonchev–Trinajstić information content (AvgIpc) is 3.10. The quantitative estimate of drug-likeness (QED) is 0.768. The molecule has 0 aromatic carbocycles. The standard InChI is InChI=1S/C18H22N6O/c1-9(2)5-12-7-14(22-21-12)13-8-15(25)20-17-16(13)18-19-10(3)6-11(4)24(18)23-17/h6-7,9,13H,5,8H2,1-4H3,(H,21,22)(H,20,23,25). The number of hydrogen-bond donors (Lipinski definition) is 2. The Hall–Kier alpha value is -2.70. The second-order valence-corrected chi connectivity index (χ2v) is 7.26. The molecule has 0 saturated carbocycles. The van der Waals surface area contributed by atoms with Crippen molar-refractivity contribution >= 4 is 17.4 Å². The summed E-state index contributed by atoms with van der Waals surface area (Å²) in [5.74, 6) is 0.967. The van der Waals surface area contributed by atoms with Crippen LogP contribution >= 0.6 is 0 Å². The van der Waals surface area contributed by atoms with E-state index in [4.69, 9.17) is 0 Å². The maximum absolute atomic E-state index is 12.2. The number of carbonyl (C=O) groups is 1. The third kappa shape index (κ3) is 2.69. The molecule has 1 aliphatic heterocycles. The van der Waals surface area contributed by atoms with Crippen LogP contribution in [-0.2, 0) is 11.2 Å². The summed E-state index contributed by atoms with van der Waals surface area (Å²) < 4.78 is 1.80. The van der Waals surface area contributed by atoms with Crippen molar-refractivity contribution in [3.63, 3.8) is 0 Å². The van der Waals surface area contributed by atoms with Gasteiger partial charge < -0.3 is 5.32 Å². The number of aryl methyl sites for hydroxylation is 2. The molecule has 0 bridgehead atoms. The number of amides is 1. The number of anilines is 1. The number of aromatic amines is 1. The highest BCUT2D eigenvalue weighted by atomic mass is 16.1. The topological polar surface area (TPSA) is 88.0 Å². The molecule has 7 nitrogen and oxygen atoms in total. The molecule has 4 rings (SSSR count). The highest BCUT2D eigenvalue weighted by molar-refractivity contribution is 5.95. The van der Waals surface area contributed by atoms with Gasteiger partial charge in [0.2, 0.25) is 5.91 Å². The third-order valence-corrected chi connectivity index (χ3v) is 4.56. The number of H-pyrrole nitrogens is 1. The molecule has 130 valence electrons. The van der Waals surface area contributed by atoms with Crippen molar-refractivity contribution < 1.29 is 4.79 Å². The molecule has 1 unspecified atom stereocenters. The molecule has 2 N–H and O–H groups in total. The zero-order valence-corrected chi connectivity index (χ0v) is 14.9. The molecule has 0 saturated heterocycles. The van der Waals surface area contributed by atoms with E-state index in [2.05, 4.69) is 45.5 Å². The van der Waals surface area contributed by atoms with E-state index in [9.17, 15) is 4.79 Å². The fourth-order valence-corrected chi connectivity index (χ4v) is 3.58. The molecule has 4 heterocycles. The number of nitrogens with one attached hydrogen (secondary N) is 2. The first-order valence-electron chi connectivity index (χ1n) is 8.63. The van der Waals surface area contributed by atoms with Crippen LogP contribution in [0.5, 0.6) is 0 Å². The van der Waals surface area contributed by atoms with Gasteiger partial charge in [-0.1, -0.05) is 13.8 Å². The Kier molecular flexibility index (Phi) is 3.59. The summed E-state index contributed by atoms with van der Waals surface area (Å²) in [5, 5.41) is 15.0.